The highest BCUT2D eigenvalue weighted by atomic mass is 35.5. The first-order valence-corrected chi connectivity index (χ1v) is 10.3. The standard InChI is InChI=1S/C23H22ClFN4O/c1-15-5-6-19(12-20(15)24)28-23(30)16-7-9-29(10-8-16)22-13-21(26-14-27-22)17-3-2-4-18(25)11-17/h2-6,11-14,16H,7-10H2,1H3,(H,28,30). The third kappa shape index (κ3) is 4.60. The van der Waals surface area contributed by atoms with Gasteiger partial charge in [0.15, 0.2) is 0 Å². The van der Waals surface area contributed by atoms with Crippen molar-refractivity contribution in [2.45, 2.75) is 19.8 Å². The summed E-state index contributed by atoms with van der Waals surface area (Å²) in [5.74, 6) is 0.436. The van der Waals surface area contributed by atoms with Crippen molar-refractivity contribution >= 4 is 29.0 Å². The van der Waals surface area contributed by atoms with Crippen LogP contribution in [0.3, 0.4) is 0 Å². The monoisotopic (exact) mass is 424 g/mol. The molecule has 7 heteroatoms. The van der Waals surface area contributed by atoms with Crippen LogP contribution in [0.1, 0.15) is 18.4 Å². The first-order chi connectivity index (χ1) is 14.5. The Morgan fingerprint density at radius 3 is 2.67 bits per heavy atom. The van der Waals surface area contributed by atoms with E-state index in [1.165, 1.54) is 18.5 Å². The number of nitrogens with one attached hydrogen (secondary N) is 1. The van der Waals surface area contributed by atoms with Crippen molar-refractivity contribution in [1.29, 1.82) is 0 Å². The van der Waals surface area contributed by atoms with E-state index in [0.29, 0.717) is 35.1 Å². The van der Waals surface area contributed by atoms with Crippen LogP contribution in [0.15, 0.2) is 54.9 Å². The highest BCUT2D eigenvalue weighted by Gasteiger charge is 2.26. The fraction of sp³-hybridized carbons (Fsp3) is 0.261. The van der Waals surface area contributed by atoms with Crippen LogP contribution in [0.5, 0.6) is 0 Å². The van der Waals surface area contributed by atoms with Gasteiger partial charge in [-0.1, -0.05) is 29.8 Å². The lowest BCUT2D eigenvalue weighted by Crippen LogP contribution is -2.38. The molecule has 2 aromatic carbocycles. The summed E-state index contributed by atoms with van der Waals surface area (Å²) in [4.78, 5) is 23.4. The molecule has 1 aliphatic rings. The molecule has 3 aromatic rings. The molecule has 154 valence electrons. The van der Waals surface area contributed by atoms with Crippen LogP contribution >= 0.6 is 11.6 Å². The van der Waals surface area contributed by atoms with Crippen LogP contribution in [0.25, 0.3) is 11.3 Å². The molecule has 2 heterocycles. The third-order valence-electron chi connectivity index (χ3n) is 5.40. The number of carbonyl (C=O) groups is 1. The van der Waals surface area contributed by atoms with Crippen LogP contribution in [-0.2, 0) is 4.79 Å². The number of aromatic nitrogens is 2. The third-order valence-corrected chi connectivity index (χ3v) is 5.81. The minimum atomic E-state index is -0.297. The Kier molecular flexibility index (Phi) is 5.95. The summed E-state index contributed by atoms with van der Waals surface area (Å²) < 4.78 is 13.5. The van der Waals surface area contributed by atoms with Crippen LogP contribution in [0, 0.1) is 18.7 Å². The molecule has 0 spiro atoms. The highest BCUT2D eigenvalue weighted by molar-refractivity contribution is 6.31. The molecular formula is C23H22ClFN4O. The number of anilines is 2. The van der Waals surface area contributed by atoms with Gasteiger partial charge >= 0.3 is 0 Å². The molecule has 0 atom stereocenters. The molecule has 4 rings (SSSR count). The highest BCUT2D eigenvalue weighted by Crippen LogP contribution is 2.27. The topological polar surface area (TPSA) is 58.1 Å². The van der Waals surface area contributed by atoms with E-state index in [1.807, 2.05) is 31.2 Å². The van der Waals surface area contributed by atoms with Crippen molar-refractivity contribution < 1.29 is 9.18 Å². The molecule has 0 unspecified atom stereocenters. The minimum Gasteiger partial charge on any atom is -0.356 e. The maximum Gasteiger partial charge on any atom is 0.227 e. The molecule has 0 radical (unpaired) electrons. The Bertz CT molecular complexity index is 1070. The lowest BCUT2D eigenvalue weighted by Gasteiger charge is -2.32. The van der Waals surface area contributed by atoms with Crippen LogP contribution in [-0.4, -0.2) is 29.0 Å². The Morgan fingerprint density at radius 1 is 1.13 bits per heavy atom. The average Bonchev–Trinajstić information content (AvgIpc) is 2.76. The SMILES string of the molecule is Cc1ccc(NC(=O)C2CCN(c3cc(-c4cccc(F)c4)ncn3)CC2)cc1Cl. The molecule has 1 N–H and O–H groups in total. The number of amides is 1. The average molecular weight is 425 g/mol. The summed E-state index contributed by atoms with van der Waals surface area (Å²) in [6.45, 7) is 3.36. The van der Waals surface area contributed by atoms with Gasteiger partial charge in [0.1, 0.15) is 18.0 Å². The zero-order chi connectivity index (χ0) is 21.1. The normalized spacial score (nSPS) is 14.6. The number of halogens is 2. The Balaban J connectivity index is 1.39. The quantitative estimate of drug-likeness (QED) is 0.633. The number of carbonyl (C=O) groups excluding carboxylic acids is 1. The largest absolute Gasteiger partial charge is 0.356 e. The fourth-order valence-corrected chi connectivity index (χ4v) is 3.79. The maximum atomic E-state index is 13.5. The number of aryl methyl sites for hydroxylation is 1. The number of rotatable bonds is 4. The lowest BCUT2D eigenvalue weighted by atomic mass is 9.95. The summed E-state index contributed by atoms with van der Waals surface area (Å²) in [7, 11) is 0. The van der Waals surface area contributed by atoms with Gasteiger partial charge in [-0.25, -0.2) is 14.4 Å². The second-order valence-electron chi connectivity index (χ2n) is 7.49. The van der Waals surface area contributed by atoms with Crippen LogP contribution in [0.2, 0.25) is 5.02 Å². The Hall–Kier alpha value is -2.99. The summed E-state index contributed by atoms with van der Waals surface area (Å²) in [5, 5.41) is 3.61. The van der Waals surface area contributed by atoms with Gasteiger partial charge in [-0.3, -0.25) is 4.79 Å². The predicted octanol–water partition coefficient (Wildman–Crippen LogP) is 5.10. The molecule has 0 saturated carbocycles. The lowest BCUT2D eigenvalue weighted by molar-refractivity contribution is -0.120. The van der Waals surface area contributed by atoms with E-state index in [1.54, 1.807) is 12.1 Å². The second kappa shape index (κ2) is 8.79. The number of piperidine rings is 1. The van der Waals surface area contributed by atoms with Gasteiger partial charge in [0.2, 0.25) is 5.91 Å². The molecular weight excluding hydrogens is 403 g/mol. The van der Waals surface area contributed by atoms with Gasteiger partial charge in [0, 0.05) is 41.3 Å². The fourth-order valence-electron chi connectivity index (χ4n) is 3.61. The van der Waals surface area contributed by atoms with Crippen molar-refractivity contribution in [1.82, 2.24) is 9.97 Å². The summed E-state index contributed by atoms with van der Waals surface area (Å²) in [6.07, 6.45) is 2.95. The molecule has 1 fully saturated rings. The number of hydrogen-bond donors (Lipinski definition) is 1. The van der Waals surface area contributed by atoms with Crippen molar-refractivity contribution in [2.75, 3.05) is 23.3 Å². The van der Waals surface area contributed by atoms with Crippen molar-refractivity contribution in [2.24, 2.45) is 5.92 Å². The number of benzene rings is 2. The van der Waals surface area contributed by atoms with Crippen LogP contribution in [0.4, 0.5) is 15.9 Å². The second-order valence-corrected chi connectivity index (χ2v) is 7.89. The smallest absolute Gasteiger partial charge is 0.227 e. The van der Waals surface area contributed by atoms with Gasteiger partial charge in [0.05, 0.1) is 5.69 Å². The van der Waals surface area contributed by atoms with E-state index >= 15 is 0 Å². The van der Waals surface area contributed by atoms with E-state index < -0.39 is 0 Å². The first kappa shape index (κ1) is 20.3. The molecule has 1 aromatic heterocycles. The predicted molar refractivity (Wildman–Crippen MR) is 117 cm³/mol. The molecule has 5 nitrogen and oxygen atoms in total. The van der Waals surface area contributed by atoms with Crippen molar-refractivity contribution in [3.63, 3.8) is 0 Å². The van der Waals surface area contributed by atoms with E-state index in [9.17, 15) is 9.18 Å². The Labute approximate surface area is 179 Å². The molecule has 30 heavy (non-hydrogen) atoms. The Morgan fingerprint density at radius 2 is 1.93 bits per heavy atom. The van der Waals surface area contributed by atoms with Gasteiger partial charge in [-0.2, -0.15) is 0 Å². The van der Waals surface area contributed by atoms with Gasteiger partial charge < -0.3 is 10.2 Å². The number of nitrogens with zero attached hydrogens (tertiary/aromatic N) is 3. The van der Waals surface area contributed by atoms with Crippen molar-refractivity contribution in [3.8, 4) is 11.3 Å². The van der Waals surface area contributed by atoms with E-state index in [2.05, 4.69) is 20.2 Å². The van der Waals surface area contributed by atoms with Gasteiger partial charge in [-0.15, -0.1) is 0 Å². The number of hydrogen-bond acceptors (Lipinski definition) is 4. The van der Waals surface area contributed by atoms with Gasteiger partial charge in [0.25, 0.3) is 0 Å². The van der Waals surface area contributed by atoms with E-state index in [0.717, 1.165) is 24.2 Å². The molecule has 0 bridgehead atoms. The van der Waals surface area contributed by atoms with Crippen LogP contribution < -0.4 is 10.2 Å². The van der Waals surface area contributed by atoms with Crippen molar-refractivity contribution in [3.05, 3.63) is 71.3 Å². The summed E-state index contributed by atoms with van der Waals surface area (Å²) in [6, 6.07) is 13.8. The zero-order valence-electron chi connectivity index (χ0n) is 16.6. The van der Waals surface area contributed by atoms with E-state index in [-0.39, 0.29) is 17.6 Å². The first-order valence-electron chi connectivity index (χ1n) is 9.89. The molecule has 1 amide bonds. The zero-order valence-corrected chi connectivity index (χ0v) is 17.4. The van der Waals surface area contributed by atoms with E-state index in [4.69, 9.17) is 11.6 Å². The molecule has 1 saturated heterocycles. The minimum absolute atomic E-state index is 0.0118. The summed E-state index contributed by atoms with van der Waals surface area (Å²) >= 11 is 6.14. The maximum absolute atomic E-state index is 13.5. The molecule has 1 aliphatic heterocycles. The molecule has 0 aliphatic carbocycles. The summed E-state index contributed by atoms with van der Waals surface area (Å²) in [5.41, 5.74) is 3.08. The van der Waals surface area contributed by atoms with Gasteiger partial charge in [-0.05, 0) is 49.6 Å².